The van der Waals surface area contributed by atoms with E-state index in [4.69, 9.17) is 0 Å². The zero-order valence-electron chi connectivity index (χ0n) is 11.5. The Kier molecular flexibility index (Phi) is 7.06. The number of hydrogen-bond donors (Lipinski definition) is 1. The van der Waals surface area contributed by atoms with Gasteiger partial charge in [0.25, 0.3) is 0 Å². The predicted octanol–water partition coefficient (Wildman–Crippen LogP) is 2.74. The molecule has 1 aliphatic rings. The summed E-state index contributed by atoms with van der Waals surface area (Å²) in [6, 6.07) is 0. The van der Waals surface area contributed by atoms with Crippen molar-refractivity contribution in [1.29, 1.82) is 0 Å². The number of rotatable bonds is 8. The van der Waals surface area contributed by atoms with Gasteiger partial charge >= 0.3 is 0 Å². The van der Waals surface area contributed by atoms with Gasteiger partial charge in [-0.25, -0.2) is 0 Å². The Morgan fingerprint density at radius 1 is 1.19 bits per heavy atom. The molecule has 0 amide bonds. The molecular weight excluding hydrogens is 196 g/mol. The van der Waals surface area contributed by atoms with Crippen LogP contribution in [0.15, 0.2) is 0 Å². The van der Waals surface area contributed by atoms with Gasteiger partial charge in [-0.3, -0.25) is 0 Å². The highest BCUT2D eigenvalue weighted by molar-refractivity contribution is 4.70. The lowest BCUT2D eigenvalue weighted by Gasteiger charge is -2.20. The first kappa shape index (κ1) is 14.0. The highest BCUT2D eigenvalue weighted by atomic mass is 15.1. The molecule has 1 saturated carbocycles. The second-order valence-electron chi connectivity index (χ2n) is 5.85. The van der Waals surface area contributed by atoms with Crippen LogP contribution >= 0.6 is 0 Å². The van der Waals surface area contributed by atoms with Crippen LogP contribution in [0.3, 0.4) is 0 Å². The van der Waals surface area contributed by atoms with Gasteiger partial charge in [0.05, 0.1) is 0 Å². The molecule has 0 saturated heterocycles. The van der Waals surface area contributed by atoms with Gasteiger partial charge in [0, 0.05) is 19.6 Å². The van der Waals surface area contributed by atoms with Crippen LogP contribution in [0.1, 0.15) is 46.0 Å². The molecule has 0 aromatic rings. The lowest BCUT2D eigenvalue weighted by atomic mass is 10.1. The minimum atomic E-state index is 0.823. The van der Waals surface area contributed by atoms with Gasteiger partial charge in [-0.1, -0.05) is 26.7 Å². The summed E-state index contributed by atoms with van der Waals surface area (Å²) >= 11 is 0. The van der Waals surface area contributed by atoms with Crippen molar-refractivity contribution in [2.75, 3.05) is 33.2 Å². The van der Waals surface area contributed by atoms with E-state index in [2.05, 4.69) is 31.1 Å². The van der Waals surface area contributed by atoms with Crippen LogP contribution in [-0.2, 0) is 0 Å². The molecule has 1 fully saturated rings. The van der Waals surface area contributed by atoms with Crippen LogP contribution in [0, 0.1) is 11.8 Å². The molecule has 0 aromatic carbocycles. The Hall–Kier alpha value is -0.0800. The average Bonchev–Trinajstić information content (AvgIpc) is 2.69. The van der Waals surface area contributed by atoms with Gasteiger partial charge in [0.1, 0.15) is 0 Å². The molecule has 96 valence electrons. The Morgan fingerprint density at radius 3 is 2.50 bits per heavy atom. The first-order chi connectivity index (χ1) is 7.68. The maximum Gasteiger partial charge on any atom is 0.0104 e. The Labute approximate surface area is 102 Å². The molecular formula is C14H30N2. The zero-order valence-corrected chi connectivity index (χ0v) is 11.5. The van der Waals surface area contributed by atoms with Crippen molar-refractivity contribution in [2.45, 2.75) is 46.0 Å². The van der Waals surface area contributed by atoms with Crippen LogP contribution in [0.5, 0.6) is 0 Å². The van der Waals surface area contributed by atoms with Crippen molar-refractivity contribution < 1.29 is 0 Å². The van der Waals surface area contributed by atoms with E-state index in [9.17, 15) is 0 Å². The second kappa shape index (κ2) is 8.08. The summed E-state index contributed by atoms with van der Waals surface area (Å²) < 4.78 is 0. The first-order valence-corrected chi connectivity index (χ1v) is 7.07. The molecule has 0 unspecified atom stereocenters. The number of likely N-dealkylation sites (N-methyl/N-ethyl adjacent to an activating group) is 1. The van der Waals surface area contributed by atoms with Gasteiger partial charge in [-0.15, -0.1) is 0 Å². The third-order valence-electron chi connectivity index (χ3n) is 3.61. The lowest BCUT2D eigenvalue weighted by molar-refractivity contribution is 0.277. The van der Waals surface area contributed by atoms with E-state index in [1.807, 2.05) is 0 Å². The Bertz CT molecular complexity index is 162. The van der Waals surface area contributed by atoms with Gasteiger partial charge in [0.15, 0.2) is 0 Å². The van der Waals surface area contributed by atoms with E-state index in [1.54, 1.807) is 0 Å². The van der Waals surface area contributed by atoms with Gasteiger partial charge in [-0.2, -0.15) is 0 Å². The summed E-state index contributed by atoms with van der Waals surface area (Å²) in [6.07, 6.45) is 7.15. The molecule has 2 nitrogen and oxygen atoms in total. The lowest BCUT2D eigenvalue weighted by Crippen LogP contribution is -2.32. The van der Waals surface area contributed by atoms with Crippen LogP contribution in [0.2, 0.25) is 0 Å². The monoisotopic (exact) mass is 226 g/mol. The molecule has 0 radical (unpaired) electrons. The summed E-state index contributed by atoms with van der Waals surface area (Å²) in [5.41, 5.74) is 0. The average molecular weight is 226 g/mol. The molecule has 16 heavy (non-hydrogen) atoms. The molecule has 0 spiro atoms. The van der Waals surface area contributed by atoms with Crippen molar-refractivity contribution in [2.24, 2.45) is 11.8 Å². The van der Waals surface area contributed by atoms with E-state index in [0.717, 1.165) is 18.4 Å². The Morgan fingerprint density at radius 2 is 1.88 bits per heavy atom. The fourth-order valence-corrected chi connectivity index (χ4v) is 2.51. The summed E-state index contributed by atoms with van der Waals surface area (Å²) in [6.45, 7) is 9.41. The SMILES string of the molecule is CC(C)CCNCCN(C)CC1CCCC1. The summed E-state index contributed by atoms with van der Waals surface area (Å²) in [5.74, 6) is 1.81. The molecule has 1 aliphatic carbocycles. The highest BCUT2D eigenvalue weighted by Gasteiger charge is 2.16. The predicted molar refractivity (Wildman–Crippen MR) is 71.8 cm³/mol. The van der Waals surface area contributed by atoms with E-state index >= 15 is 0 Å². The standard InChI is InChI=1S/C14H30N2/c1-13(2)8-9-15-10-11-16(3)12-14-6-4-5-7-14/h13-15H,4-12H2,1-3H3. The summed E-state index contributed by atoms with van der Waals surface area (Å²) in [5, 5.41) is 3.53. The van der Waals surface area contributed by atoms with E-state index in [0.29, 0.717) is 0 Å². The van der Waals surface area contributed by atoms with Crippen LogP contribution in [-0.4, -0.2) is 38.1 Å². The highest BCUT2D eigenvalue weighted by Crippen LogP contribution is 2.24. The van der Waals surface area contributed by atoms with Gasteiger partial charge in [-0.05, 0) is 44.7 Å². The normalized spacial score (nSPS) is 17.8. The molecule has 0 heterocycles. The molecule has 0 bridgehead atoms. The van der Waals surface area contributed by atoms with Crippen molar-refractivity contribution in [3.05, 3.63) is 0 Å². The molecule has 0 atom stereocenters. The fourth-order valence-electron chi connectivity index (χ4n) is 2.51. The number of hydrogen-bond acceptors (Lipinski definition) is 2. The second-order valence-corrected chi connectivity index (χ2v) is 5.85. The zero-order chi connectivity index (χ0) is 11.8. The minimum Gasteiger partial charge on any atom is -0.315 e. The maximum atomic E-state index is 3.53. The molecule has 1 N–H and O–H groups in total. The maximum absolute atomic E-state index is 3.53. The smallest absolute Gasteiger partial charge is 0.0104 e. The van der Waals surface area contributed by atoms with E-state index < -0.39 is 0 Å². The van der Waals surface area contributed by atoms with E-state index in [1.165, 1.54) is 51.7 Å². The quantitative estimate of drug-likeness (QED) is 0.640. The van der Waals surface area contributed by atoms with Crippen LogP contribution < -0.4 is 5.32 Å². The van der Waals surface area contributed by atoms with E-state index in [-0.39, 0.29) is 0 Å². The minimum absolute atomic E-state index is 0.823. The summed E-state index contributed by atoms with van der Waals surface area (Å²) in [4.78, 5) is 2.50. The van der Waals surface area contributed by atoms with Gasteiger partial charge in [0.2, 0.25) is 0 Å². The summed E-state index contributed by atoms with van der Waals surface area (Å²) in [7, 11) is 2.27. The van der Waals surface area contributed by atoms with Crippen molar-refractivity contribution in [3.8, 4) is 0 Å². The third kappa shape index (κ3) is 6.49. The number of nitrogens with zero attached hydrogens (tertiary/aromatic N) is 1. The molecule has 0 aliphatic heterocycles. The van der Waals surface area contributed by atoms with Gasteiger partial charge < -0.3 is 10.2 Å². The van der Waals surface area contributed by atoms with Crippen molar-refractivity contribution in [1.82, 2.24) is 10.2 Å². The van der Waals surface area contributed by atoms with Crippen molar-refractivity contribution >= 4 is 0 Å². The topological polar surface area (TPSA) is 15.3 Å². The van der Waals surface area contributed by atoms with Crippen molar-refractivity contribution in [3.63, 3.8) is 0 Å². The Balaban J connectivity index is 1.91. The largest absolute Gasteiger partial charge is 0.315 e. The van der Waals surface area contributed by atoms with Crippen LogP contribution in [0.4, 0.5) is 0 Å². The molecule has 0 aromatic heterocycles. The number of nitrogens with one attached hydrogen (secondary N) is 1. The van der Waals surface area contributed by atoms with Crippen LogP contribution in [0.25, 0.3) is 0 Å². The third-order valence-corrected chi connectivity index (χ3v) is 3.61. The first-order valence-electron chi connectivity index (χ1n) is 7.07. The molecule has 2 heteroatoms. The fraction of sp³-hybridized carbons (Fsp3) is 1.00. The molecule has 1 rings (SSSR count).